The Bertz CT molecular complexity index is 582. The third kappa shape index (κ3) is 2.75. The predicted molar refractivity (Wildman–Crippen MR) is 70.1 cm³/mol. The van der Waals surface area contributed by atoms with Crippen LogP contribution in [-0.4, -0.2) is 4.98 Å². The molecule has 18 heavy (non-hydrogen) atoms. The normalized spacial score (nSPS) is 11.6. The number of nitrogens with zero attached hydrogens (tertiary/aromatic N) is 1. The topological polar surface area (TPSA) is 12.9 Å². The van der Waals surface area contributed by atoms with Gasteiger partial charge in [0, 0.05) is 16.2 Å². The van der Waals surface area contributed by atoms with Crippen LogP contribution in [0.15, 0.2) is 45.6 Å². The number of pyridine rings is 1. The van der Waals surface area contributed by atoms with E-state index < -0.39 is 11.7 Å². The van der Waals surface area contributed by atoms with Crippen LogP contribution in [0.5, 0.6) is 0 Å². The number of halogens is 5. The minimum absolute atomic E-state index is 0.108. The van der Waals surface area contributed by atoms with Crippen molar-refractivity contribution in [2.45, 2.75) is 6.18 Å². The van der Waals surface area contributed by atoms with E-state index in [2.05, 4.69) is 36.8 Å². The fourth-order valence-electron chi connectivity index (χ4n) is 1.57. The molecule has 0 aliphatic heterocycles. The van der Waals surface area contributed by atoms with Crippen LogP contribution in [0.1, 0.15) is 5.56 Å². The molecule has 0 spiro atoms. The SMILES string of the molecule is FC(F)(F)c1ccccc1-c1cnc(Br)cc1Br. The molecule has 0 bridgehead atoms. The van der Waals surface area contributed by atoms with Crippen LogP contribution >= 0.6 is 31.9 Å². The van der Waals surface area contributed by atoms with Gasteiger partial charge < -0.3 is 0 Å². The Morgan fingerprint density at radius 1 is 1.00 bits per heavy atom. The lowest BCUT2D eigenvalue weighted by molar-refractivity contribution is -0.137. The molecule has 1 aromatic heterocycles. The first-order chi connectivity index (χ1) is 8.39. The summed E-state index contributed by atoms with van der Waals surface area (Å²) in [4.78, 5) is 3.96. The van der Waals surface area contributed by atoms with E-state index in [9.17, 15) is 13.2 Å². The van der Waals surface area contributed by atoms with Crippen LogP contribution < -0.4 is 0 Å². The van der Waals surface area contributed by atoms with Crippen LogP contribution in [0.25, 0.3) is 11.1 Å². The molecule has 0 N–H and O–H groups in total. The average Bonchev–Trinajstić information content (AvgIpc) is 2.28. The molecular formula is C12H6Br2F3N. The van der Waals surface area contributed by atoms with E-state index in [4.69, 9.17) is 0 Å². The van der Waals surface area contributed by atoms with Crippen LogP contribution in [0, 0.1) is 0 Å². The molecule has 0 radical (unpaired) electrons. The Hall–Kier alpha value is -0.880. The van der Waals surface area contributed by atoms with E-state index in [1.54, 1.807) is 12.1 Å². The van der Waals surface area contributed by atoms with Gasteiger partial charge in [-0.05, 0) is 49.6 Å². The molecular weight excluding hydrogens is 375 g/mol. The summed E-state index contributed by atoms with van der Waals surface area (Å²) >= 11 is 6.41. The van der Waals surface area contributed by atoms with Gasteiger partial charge >= 0.3 is 6.18 Å². The lowest BCUT2D eigenvalue weighted by Crippen LogP contribution is -2.07. The zero-order chi connectivity index (χ0) is 13.3. The molecule has 2 aromatic rings. The highest BCUT2D eigenvalue weighted by molar-refractivity contribution is 9.11. The highest BCUT2D eigenvalue weighted by atomic mass is 79.9. The van der Waals surface area contributed by atoms with E-state index in [0.29, 0.717) is 14.6 Å². The van der Waals surface area contributed by atoms with Crippen LogP contribution in [-0.2, 0) is 6.18 Å². The number of aromatic nitrogens is 1. The smallest absolute Gasteiger partial charge is 0.249 e. The number of benzene rings is 1. The number of rotatable bonds is 1. The maximum atomic E-state index is 12.9. The first-order valence-electron chi connectivity index (χ1n) is 4.87. The minimum atomic E-state index is -4.39. The molecule has 1 aromatic carbocycles. The molecule has 0 saturated heterocycles. The highest BCUT2D eigenvalue weighted by Gasteiger charge is 2.33. The van der Waals surface area contributed by atoms with E-state index in [1.807, 2.05) is 0 Å². The van der Waals surface area contributed by atoms with E-state index in [0.717, 1.165) is 6.07 Å². The van der Waals surface area contributed by atoms with Gasteiger partial charge in [0.25, 0.3) is 0 Å². The van der Waals surface area contributed by atoms with Crippen molar-refractivity contribution in [1.82, 2.24) is 4.98 Å². The van der Waals surface area contributed by atoms with Crippen molar-refractivity contribution in [2.75, 3.05) is 0 Å². The third-order valence-corrected chi connectivity index (χ3v) is 3.43. The Labute approximate surface area is 118 Å². The molecule has 0 aliphatic rings. The summed E-state index contributed by atoms with van der Waals surface area (Å²) in [5.41, 5.74) is -0.155. The molecule has 0 aliphatic carbocycles. The second-order valence-corrected chi connectivity index (χ2v) is 5.20. The van der Waals surface area contributed by atoms with E-state index >= 15 is 0 Å². The maximum absolute atomic E-state index is 12.9. The van der Waals surface area contributed by atoms with E-state index in [1.165, 1.54) is 18.3 Å². The van der Waals surface area contributed by atoms with Crippen molar-refractivity contribution in [2.24, 2.45) is 0 Å². The first kappa shape index (κ1) is 13.5. The van der Waals surface area contributed by atoms with Gasteiger partial charge in [-0.25, -0.2) is 4.98 Å². The lowest BCUT2D eigenvalue weighted by Gasteiger charge is -2.13. The van der Waals surface area contributed by atoms with Gasteiger partial charge in [-0.2, -0.15) is 13.2 Å². The standard InChI is InChI=1S/C12H6Br2F3N/c13-10-5-11(14)18-6-8(10)7-3-1-2-4-9(7)12(15,16)17/h1-6H. The van der Waals surface area contributed by atoms with Crippen molar-refractivity contribution in [3.63, 3.8) is 0 Å². The molecule has 0 atom stereocenters. The average molecular weight is 381 g/mol. The number of hydrogen-bond donors (Lipinski definition) is 0. The minimum Gasteiger partial charge on any atom is -0.249 e. The summed E-state index contributed by atoms with van der Waals surface area (Å²) in [6, 6.07) is 7.04. The molecule has 2 rings (SSSR count). The summed E-state index contributed by atoms with van der Waals surface area (Å²) in [6.07, 6.45) is -2.98. The fourth-order valence-corrected chi connectivity index (χ4v) is 2.74. The molecule has 0 unspecified atom stereocenters. The lowest BCUT2D eigenvalue weighted by atomic mass is 10.0. The maximum Gasteiger partial charge on any atom is 0.417 e. The summed E-state index contributed by atoms with van der Waals surface area (Å²) in [7, 11) is 0. The van der Waals surface area contributed by atoms with Gasteiger partial charge in [0.15, 0.2) is 0 Å². The zero-order valence-corrected chi connectivity index (χ0v) is 12.0. The van der Waals surface area contributed by atoms with Crippen LogP contribution in [0.3, 0.4) is 0 Å². The Morgan fingerprint density at radius 2 is 1.67 bits per heavy atom. The number of alkyl halides is 3. The van der Waals surface area contributed by atoms with Gasteiger partial charge in [0.2, 0.25) is 0 Å². The third-order valence-electron chi connectivity index (χ3n) is 2.34. The highest BCUT2D eigenvalue weighted by Crippen LogP contribution is 2.39. The molecule has 94 valence electrons. The largest absolute Gasteiger partial charge is 0.417 e. The van der Waals surface area contributed by atoms with Crippen LogP contribution in [0.2, 0.25) is 0 Å². The summed E-state index contributed by atoms with van der Waals surface area (Å²) < 4.78 is 39.8. The van der Waals surface area contributed by atoms with Gasteiger partial charge in [-0.1, -0.05) is 18.2 Å². The fraction of sp³-hybridized carbons (Fsp3) is 0.0833. The van der Waals surface area contributed by atoms with E-state index in [-0.39, 0.29) is 5.56 Å². The van der Waals surface area contributed by atoms with Gasteiger partial charge in [0.1, 0.15) is 4.60 Å². The Morgan fingerprint density at radius 3 is 2.28 bits per heavy atom. The summed E-state index contributed by atoms with van der Waals surface area (Å²) in [6.45, 7) is 0. The predicted octanol–water partition coefficient (Wildman–Crippen LogP) is 5.29. The van der Waals surface area contributed by atoms with Crippen molar-refractivity contribution in [1.29, 1.82) is 0 Å². The second kappa shape index (κ2) is 5.01. The first-order valence-corrected chi connectivity index (χ1v) is 6.46. The quantitative estimate of drug-likeness (QED) is 0.612. The zero-order valence-electron chi connectivity index (χ0n) is 8.80. The molecule has 1 nitrogen and oxygen atoms in total. The second-order valence-electron chi connectivity index (χ2n) is 3.53. The molecule has 0 fully saturated rings. The monoisotopic (exact) mass is 379 g/mol. The Balaban J connectivity index is 2.64. The van der Waals surface area contributed by atoms with Crippen molar-refractivity contribution in [3.8, 4) is 11.1 Å². The Kier molecular flexibility index (Phi) is 3.77. The van der Waals surface area contributed by atoms with Gasteiger partial charge in [-0.15, -0.1) is 0 Å². The molecule has 0 saturated carbocycles. The van der Waals surface area contributed by atoms with Crippen LogP contribution in [0.4, 0.5) is 13.2 Å². The molecule has 6 heteroatoms. The van der Waals surface area contributed by atoms with Crippen molar-refractivity contribution < 1.29 is 13.2 Å². The van der Waals surface area contributed by atoms with Crippen molar-refractivity contribution >= 4 is 31.9 Å². The summed E-state index contributed by atoms with van der Waals surface area (Å²) in [5.74, 6) is 0. The van der Waals surface area contributed by atoms with Crippen molar-refractivity contribution in [3.05, 3.63) is 51.2 Å². The molecule has 0 amide bonds. The van der Waals surface area contributed by atoms with Gasteiger partial charge in [0.05, 0.1) is 5.56 Å². The molecule has 1 heterocycles. The van der Waals surface area contributed by atoms with Gasteiger partial charge in [-0.3, -0.25) is 0 Å². The summed E-state index contributed by atoms with van der Waals surface area (Å²) in [5, 5.41) is 0. The number of hydrogen-bond acceptors (Lipinski definition) is 1.